The van der Waals surface area contributed by atoms with Crippen LogP contribution in [0.1, 0.15) is 61.9 Å². The van der Waals surface area contributed by atoms with Crippen molar-refractivity contribution in [2.45, 2.75) is 50.8 Å². The number of carboxylic acids is 1. The van der Waals surface area contributed by atoms with E-state index in [1.165, 1.54) is 36.8 Å². The van der Waals surface area contributed by atoms with Gasteiger partial charge >= 0.3 is 5.97 Å². The molecule has 1 saturated carbocycles. The van der Waals surface area contributed by atoms with Gasteiger partial charge in [0.15, 0.2) is 5.84 Å². The lowest BCUT2D eigenvalue weighted by Crippen LogP contribution is -2.45. The summed E-state index contributed by atoms with van der Waals surface area (Å²) in [5.74, 6) is -0.660. The van der Waals surface area contributed by atoms with Gasteiger partial charge in [-0.1, -0.05) is 25.3 Å². The molecule has 4 rings (SSSR count). The smallest absolute Gasteiger partial charge is 0.335 e. The van der Waals surface area contributed by atoms with Gasteiger partial charge in [-0.25, -0.2) is 13.2 Å². The van der Waals surface area contributed by atoms with Crippen LogP contribution in [-0.4, -0.2) is 56.1 Å². The third kappa shape index (κ3) is 6.50. The number of ether oxygens (including phenoxy) is 1. The lowest BCUT2D eigenvalue weighted by atomic mass is 9.89. The summed E-state index contributed by atoms with van der Waals surface area (Å²) in [5, 5.41) is 18.5. The number of carboxylic acid groups (broad SMARTS) is 1. The van der Waals surface area contributed by atoms with Crippen LogP contribution in [0.5, 0.6) is 5.75 Å². The highest BCUT2D eigenvalue weighted by molar-refractivity contribution is 7.92. The number of nitrogens with one attached hydrogen (secondary N) is 2. The van der Waals surface area contributed by atoms with E-state index in [1.807, 2.05) is 6.92 Å². The van der Waals surface area contributed by atoms with E-state index in [9.17, 15) is 23.1 Å². The van der Waals surface area contributed by atoms with Crippen LogP contribution in [0.25, 0.3) is 0 Å². The Morgan fingerprint density at radius 1 is 1.23 bits per heavy atom. The van der Waals surface area contributed by atoms with Crippen LogP contribution in [0.2, 0.25) is 0 Å². The number of amides is 1. The molecule has 3 N–H and O–H groups in total. The van der Waals surface area contributed by atoms with E-state index < -0.39 is 21.9 Å². The molecule has 2 aliphatic rings. The van der Waals surface area contributed by atoms with E-state index in [0.717, 1.165) is 31.7 Å². The van der Waals surface area contributed by atoms with E-state index in [0.29, 0.717) is 41.8 Å². The van der Waals surface area contributed by atoms with Gasteiger partial charge < -0.3 is 15.2 Å². The Balaban J connectivity index is 1.73. The predicted molar refractivity (Wildman–Crippen MR) is 152 cm³/mol. The zero-order valence-electron chi connectivity index (χ0n) is 22.5. The Bertz CT molecular complexity index is 1480. The number of benzene rings is 2. The number of nitrogens with zero attached hydrogens (tertiary/aromatic N) is 3. The number of rotatable bonds is 10. The van der Waals surface area contributed by atoms with Gasteiger partial charge in [0, 0.05) is 12.2 Å². The van der Waals surface area contributed by atoms with Gasteiger partial charge in [0.05, 0.1) is 28.3 Å². The minimum Gasteiger partial charge on any atom is -0.493 e. The van der Waals surface area contributed by atoms with E-state index in [4.69, 9.17) is 9.84 Å². The Hall–Kier alpha value is -4.19. The molecule has 212 valence electrons. The molecule has 0 radical (unpaired) electrons. The molecule has 40 heavy (non-hydrogen) atoms. The summed E-state index contributed by atoms with van der Waals surface area (Å²) in [6.45, 7) is 7.96. The van der Waals surface area contributed by atoms with Crippen molar-refractivity contribution in [1.29, 1.82) is 0 Å². The predicted octanol–water partition coefficient (Wildman–Crippen LogP) is 4.19. The molecule has 2 aromatic carbocycles. The number of allylic oxidation sites excluding steroid dienone is 1. The van der Waals surface area contributed by atoms with Crippen LogP contribution in [0.3, 0.4) is 0 Å². The second kappa shape index (κ2) is 12.3. The summed E-state index contributed by atoms with van der Waals surface area (Å²) in [6.07, 6.45) is 5.54. The molecule has 1 aliphatic heterocycles. The maximum atomic E-state index is 13.3. The Labute approximate surface area is 233 Å². The molecule has 0 bridgehead atoms. The standard InChI is InChI=1S/C28H33N5O6S/c1-4-39-24-14-13-21(32-40(37,38)22-12-8-11-20(15-22)28(35)36)16-23(24)26-30-27(34)25(18(2)29-3)33(31-26)17-19-9-6-5-7-10-19/h8,11-16,19,32H,3-7,9-10,17H2,1-2H3,(H,35,36)(H,30,31,34)/b25-18-. The van der Waals surface area contributed by atoms with Crippen molar-refractivity contribution in [2.75, 3.05) is 17.9 Å². The molecule has 11 nitrogen and oxygen atoms in total. The molecule has 1 fully saturated rings. The van der Waals surface area contributed by atoms with Crippen molar-refractivity contribution < 1.29 is 27.9 Å². The van der Waals surface area contributed by atoms with Gasteiger partial charge in [0.25, 0.3) is 15.9 Å². The summed E-state index contributed by atoms with van der Waals surface area (Å²) >= 11 is 0. The largest absolute Gasteiger partial charge is 0.493 e. The highest BCUT2D eigenvalue weighted by Crippen LogP contribution is 2.30. The monoisotopic (exact) mass is 567 g/mol. The number of anilines is 1. The van der Waals surface area contributed by atoms with E-state index in [-0.39, 0.29) is 22.0 Å². The topological polar surface area (TPSA) is 150 Å². The van der Waals surface area contributed by atoms with Crippen LogP contribution < -0.4 is 14.8 Å². The first-order chi connectivity index (χ1) is 19.1. The number of aliphatic imine (C=N–C) groups is 1. The lowest BCUT2D eigenvalue weighted by molar-refractivity contribution is -0.118. The van der Waals surface area contributed by atoms with E-state index in [1.54, 1.807) is 18.0 Å². The number of carbonyl (C=O) groups excluding carboxylic acids is 1. The number of hydrogen-bond donors (Lipinski definition) is 3. The zero-order chi connectivity index (χ0) is 28.9. The molecule has 1 amide bonds. The molecule has 0 atom stereocenters. The Morgan fingerprint density at radius 3 is 2.65 bits per heavy atom. The van der Waals surface area contributed by atoms with Gasteiger partial charge in [-0.05, 0) is 75.7 Å². The Kier molecular flexibility index (Phi) is 8.88. The van der Waals surface area contributed by atoms with Gasteiger partial charge in [-0.2, -0.15) is 5.10 Å². The minimum absolute atomic E-state index is 0.152. The van der Waals surface area contributed by atoms with Crippen molar-refractivity contribution in [3.8, 4) is 5.75 Å². The van der Waals surface area contributed by atoms with Crippen LogP contribution in [0.4, 0.5) is 5.69 Å². The van der Waals surface area contributed by atoms with E-state index >= 15 is 0 Å². The second-order valence-corrected chi connectivity index (χ2v) is 11.3. The fourth-order valence-electron chi connectivity index (χ4n) is 4.84. The number of carbonyl (C=O) groups is 2. The average molecular weight is 568 g/mol. The highest BCUT2D eigenvalue weighted by atomic mass is 32.2. The van der Waals surface area contributed by atoms with Crippen molar-refractivity contribution in [2.24, 2.45) is 16.0 Å². The first kappa shape index (κ1) is 28.8. The molecular formula is C28H33N5O6S. The van der Waals surface area contributed by atoms with Crippen molar-refractivity contribution in [3.63, 3.8) is 0 Å². The highest BCUT2D eigenvalue weighted by Gasteiger charge is 2.31. The first-order valence-corrected chi connectivity index (χ1v) is 14.6. The van der Waals surface area contributed by atoms with Crippen LogP contribution in [0.15, 0.2) is 68.8 Å². The molecule has 1 heterocycles. The maximum absolute atomic E-state index is 13.3. The fourth-order valence-corrected chi connectivity index (χ4v) is 5.94. The number of amidine groups is 1. The number of hydrogen-bond acceptors (Lipinski definition) is 8. The third-order valence-electron chi connectivity index (χ3n) is 6.84. The number of aromatic carboxylic acids is 1. The third-order valence-corrected chi connectivity index (χ3v) is 8.22. The Morgan fingerprint density at radius 2 is 1.98 bits per heavy atom. The maximum Gasteiger partial charge on any atom is 0.335 e. The van der Waals surface area contributed by atoms with Crippen molar-refractivity contribution in [1.82, 2.24) is 10.3 Å². The summed E-state index contributed by atoms with van der Waals surface area (Å²) < 4.78 is 34.4. The molecule has 2 aromatic rings. The van der Waals surface area contributed by atoms with Crippen molar-refractivity contribution in [3.05, 3.63) is 65.0 Å². The zero-order valence-corrected chi connectivity index (χ0v) is 23.3. The quantitative estimate of drug-likeness (QED) is 0.288. The normalized spacial score (nSPS) is 17.5. The molecular weight excluding hydrogens is 534 g/mol. The van der Waals surface area contributed by atoms with Crippen molar-refractivity contribution >= 4 is 40.1 Å². The van der Waals surface area contributed by atoms with E-state index in [2.05, 4.69) is 21.7 Å². The van der Waals surface area contributed by atoms with Gasteiger partial charge in [-0.15, -0.1) is 0 Å². The lowest BCUT2D eigenvalue weighted by Gasteiger charge is -2.33. The number of sulfonamides is 1. The van der Waals surface area contributed by atoms with Crippen LogP contribution >= 0.6 is 0 Å². The summed E-state index contributed by atoms with van der Waals surface area (Å²) in [5.41, 5.74) is 1.18. The molecule has 0 aromatic heterocycles. The summed E-state index contributed by atoms with van der Waals surface area (Å²) in [7, 11) is -4.12. The molecule has 0 spiro atoms. The molecule has 0 saturated heterocycles. The minimum atomic E-state index is -4.12. The summed E-state index contributed by atoms with van der Waals surface area (Å²) in [4.78, 5) is 28.4. The van der Waals surface area contributed by atoms with Crippen LogP contribution in [0, 0.1) is 5.92 Å². The number of hydrazone groups is 1. The SMILES string of the molecule is C=N/C(C)=C1/C(=O)NC(c2cc(NS(=O)(=O)c3cccc(C(=O)O)c3)ccc2OCC)=NN1CC1CCCCC1. The first-order valence-electron chi connectivity index (χ1n) is 13.1. The second-order valence-electron chi connectivity index (χ2n) is 9.66. The van der Waals surface area contributed by atoms with Gasteiger partial charge in [0.1, 0.15) is 11.4 Å². The van der Waals surface area contributed by atoms with Gasteiger partial charge in [0.2, 0.25) is 0 Å². The fraction of sp³-hybridized carbons (Fsp3) is 0.357. The average Bonchev–Trinajstić information content (AvgIpc) is 2.94. The molecule has 12 heteroatoms. The van der Waals surface area contributed by atoms with Gasteiger partial charge in [-0.3, -0.25) is 19.5 Å². The molecule has 1 aliphatic carbocycles. The molecule has 0 unspecified atom stereocenters. The summed E-state index contributed by atoms with van der Waals surface area (Å²) in [6, 6.07) is 9.70. The van der Waals surface area contributed by atoms with Crippen LogP contribution in [-0.2, 0) is 14.8 Å².